The highest BCUT2D eigenvalue weighted by atomic mass is 32.2. The molecule has 1 aromatic rings. The Morgan fingerprint density at radius 2 is 2.27 bits per heavy atom. The Bertz CT molecular complexity index is 408. The van der Waals surface area contributed by atoms with Gasteiger partial charge in [-0.3, -0.25) is 9.35 Å². The van der Waals surface area contributed by atoms with E-state index in [1.807, 2.05) is 0 Å². The monoisotopic (exact) mass is 230 g/mol. The molecule has 82 valence electrons. The topological polar surface area (TPSA) is 102 Å². The molecule has 0 spiro atoms. The van der Waals surface area contributed by atoms with E-state index in [9.17, 15) is 9.00 Å². The van der Waals surface area contributed by atoms with Crippen LogP contribution in [-0.4, -0.2) is 14.7 Å². The van der Waals surface area contributed by atoms with Gasteiger partial charge in [-0.1, -0.05) is 0 Å². The Morgan fingerprint density at radius 1 is 1.60 bits per heavy atom. The standard InChI is InChI=1S/C8H10N2O4S/c1-5(11)10-6-2-3-7(9)8(4-6)14-15(12)13/h2-4H,9H2,1H3,(H,10,11)(H,12,13). The van der Waals surface area contributed by atoms with Gasteiger partial charge in [-0.25, -0.2) is 0 Å². The average Bonchev–Trinajstić information content (AvgIpc) is 2.09. The van der Waals surface area contributed by atoms with E-state index in [1.54, 1.807) is 6.07 Å². The maximum absolute atomic E-state index is 10.7. The molecule has 1 aromatic carbocycles. The van der Waals surface area contributed by atoms with Crippen molar-refractivity contribution in [3.8, 4) is 5.75 Å². The maximum Gasteiger partial charge on any atom is 0.357 e. The lowest BCUT2D eigenvalue weighted by molar-refractivity contribution is -0.114. The van der Waals surface area contributed by atoms with Gasteiger partial charge in [0.25, 0.3) is 0 Å². The van der Waals surface area contributed by atoms with E-state index >= 15 is 0 Å². The molecule has 1 rings (SSSR count). The van der Waals surface area contributed by atoms with Crippen molar-refractivity contribution < 1.29 is 17.7 Å². The molecule has 0 aromatic heterocycles. The van der Waals surface area contributed by atoms with Crippen molar-refractivity contribution in [1.29, 1.82) is 0 Å². The summed E-state index contributed by atoms with van der Waals surface area (Å²) in [4.78, 5) is 10.7. The largest absolute Gasteiger partial charge is 0.396 e. The zero-order chi connectivity index (χ0) is 11.4. The van der Waals surface area contributed by atoms with Gasteiger partial charge in [-0.15, -0.1) is 0 Å². The second-order valence-electron chi connectivity index (χ2n) is 2.73. The molecule has 7 heteroatoms. The van der Waals surface area contributed by atoms with Crippen molar-refractivity contribution in [2.75, 3.05) is 11.1 Å². The molecule has 0 heterocycles. The molecule has 1 atom stereocenters. The lowest BCUT2D eigenvalue weighted by atomic mass is 10.2. The number of nitrogens with one attached hydrogen (secondary N) is 1. The van der Waals surface area contributed by atoms with Crippen LogP contribution in [0.4, 0.5) is 11.4 Å². The fourth-order valence-corrected chi connectivity index (χ4v) is 1.26. The van der Waals surface area contributed by atoms with Crippen LogP contribution in [0.15, 0.2) is 18.2 Å². The maximum atomic E-state index is 10.7. The third-order valence-electron chi connectivity index (χ3n) is 1.50. The van der Waals surface area contributed by atoms with Crippen molar-refractivity contribution >= 4 is 28.6 Å². The number of rotatable bonds is 3. The summed E-state index contributed by atoms with van der Waals surface area (Å²) in [5.74, 6) is -0.210. The summed E-state index contributed by atoms with van der Waals surface area (Å²) in [7, 11) is 0. The van der Waals surface area contributed by atoms with Crippen molar-refractivity contribution in [2.45, 2.75) is 6.92 Å². The van der Waals surface area contributed by atoms with Crippen molar-refractivity contribution in [1.82, 2.24) is 0 Å². The number of anilines is 2. The quantitative estimate of drug-likeness (QED) is 0.525. The number of nitrogen functional groups attached to an aromatic ring is 1. The van der Waals surface area contributed by atoms with E-state index < -0.39 is 11.4 Å². The Morgan fingerprint density at radius 3 is 2.80 bits per heavy atom. The average molecular weight is 230 g/mol. The first-order valence-corrected chi connectivity index (χ1v) is 4.98. The van der Waals surface area contributed by atoms with Crippen LogP contribution in [0.5, 0.6) is 5.75 Å². The Kier molecular flexibility index (Phi) is 3.64. The second kappa shape index (κ2) is 4.76. The molecule has 0 radical (unpaired) electrons. The predicted molar refractivity (Wildman–Crippen MR) is 56.6 cm³/mol. The lowest BCUT2D eigenvalue weighted by Gasteiger charge is -2.07. The molecular formula is C8H10N2O4S. The van der Waals surface area contributed by atoms with E-state index in [1.165, 1.54) is 19.1 Å². The van der Waals surface area contributed by atoms with Gasteiger partial charge in [0.05, 0.1) is 5.69 Å². The van der Waals surface area contributed by atoms with E-state index in [0.29, 0.717) is 5.69 Å². The Labute approximate surface area is 88.9 Å². The normalized spacial score (nSPS) is 11.9. The van der Waals surface area contributed by atoms with E-state index in [-0.39, 0.29) is 17.3 Å². The second-order valence-corrected chi connectivity index (χ2v) is 3.34. The number of hydrogen-bond donors (Lipinski definition) is 3. The molecule has 4 N–H and O–H groups in total. The Hall–Kier alpha value is -1.60. The number of nitrogens with two attached hydrogens (primary N) is 1. The molecule has 0 aliphatic carbocycles. The van der Waals surface area contributed by atoms with Crippen LogP contribution in [0.1, 0.15) is 6.92 Å². The molecule has 0 aliphatic rings. The van der Waals surface area contributed by atoms with Gasteiger partial charge in [0, 0.05) is 18.7 Å². The van der Waals surface area contributed by atoms with Crippen LogP contribution in [0, 0.1) is 0 Å². The van der Waals surface area contributed by atoms with Gasteiger partial charge in [0.15, 0.2) is 5.75 Å². The third-order valence-corrected chi connectivity index (χ3v) is 1.82. The first-order valence-electron chi connectivity index (χ1n) is 3.95. The third kappa shape index (κ3) is 3.56. The molecule has 0 saturated carbocycles. The SMILES string of the molecule is CC(=O)Nc1ccc(N)c(OS(=O)O)c1. The van der Waals surface area contributed by atoms with Gasteiger partial charge >= 0.3 is 11.4 Å². The smallest absolute Gasteiger partial charge is 0.357 e. The summed E-state index contributed by atoms with van der Waals surface area (Å²) < 4.78 is 23.4. The van der Waals surface area contributed by atoms with E-state index in [2.05, 4.69) is 9.50 Å². The van der Waals surface area contributed by atoms with E-state index in [0.717, 1.165) is 0 Å². The number of benzene rings is 1. The zero-order valence-electron chi connectivity index (χ0n) is 7.89. The highest BCUT2D eigenvalue weighted by molar-refractivity contribution is 7.74. The van der Waals surface area contributed by atoms with Gasteiger partial charge in [0.2, 0.25) is 5.91 Å². The molecular weight excluding hydrogens is 220 g/mol. The first-order chi connectivity index (χ1) is 6.99. The molecule has 0 aliphatic heterocycles. The lowest BCUT2D eigenvalue weighted by Crippen LogP contribution is -2.07. The Balaban J connectivity index is 2.94. The van der Waals surface area contributed by atoms with Gasteiger partial charge in [-0.05, 0) is 12.1 Å². The number of hydrogen-bond acceptors (Lipinski definition) is 4. The zero-order valence-corrected chi connectivity index (χ0v) is 8.71. The summed E-state index contributed by atoms with van der Waals surface area (Å²) >= 11 is -2.44. The molecule has 1 amide bonds. The minimum atomic E-state index is -2.44. The minimum Gasteiger partial charge on any atom is -0.396 e. The van der Waals surface area contributed by atoms with Crippen molar-refractivity contribution in [3.05, 3.63) is 18.2 Å². The molecule has 0 fully saturated rings. The number of carbonyl (C=O) groups is 1. The summed E-state index contributed by atoms with van der Waals surface area (Å²) in [6, 6.07) is 4.39. The van der Waals surface area contributed by atoms with Crippen LogP contribution in [0.3, 0.4) is 0 Å². The van der Waals surface area contributed by atoms with Crippen LogP contribution in [0.2, 0.25) is 0 Å². The summed E-state index contributed by atoms with van der Waals surface area (Å²) in [6.45, 7) is 1.35. The van der Waals surface area contributed by atoms with Gasteiger partial charge in [0.1, 0.15) is 0 Å². The predicted octanol–water partition coefficient (Wildman–Crippen LogP) is 0.743. The molecule has 1 unspecified atom stereocenters. The molecule has 0 bridgehead atoms. The minimum absolute atomic E-state index is 0.0436. The van der Waals surface area contributed by atoms with Crippen LogP contribution in [-0.2, 0) is 16.2 Å². The van der Waals surface area contributed by atoms with E-state index in [4.69, 9.17) is 10.3 Å². The van der Waals surface area contributed by atoms with Crippen LogP contribution < -0.4 is 15.2 Å². The summed E-state index contributed by atoms with van der Waals surface area (Å²) in [6.07, 6.45) is 0. The fraction of sp³-hybridized carbons (Fsp3) is 0.125. The summed E-state index contributed by atoms with van der Waals surface area (Å²) in [5.41, 5.74) is 6.14. The molecule has 15 heavy (non-hydrogen) atoms. The van der Waals surface area contributed by atoms with Crippen LogP contribution in [0.25, 0.3) is 0 Å². The van der Waals surface area contributed by atoms with Crippen molar-refractivity contribution in [3.63, 3.8) is 0 Å². The molecule has 0 saturated heterocycles. The van der Waals surface area contributed by atoms with Crippen molar-refractivity contribution in [2.24, 2.45) is 0 Å². The summed E-state index contributed by atoms with van der Waals surface area (Å²) in [5, 5.41) is 2.49. The fourth-order valence-electron chi connectivity index (χ4n) is 0.964. The number of amides is 1. The van der Waals surface area contributed by atoms with Gasteiger partial charge in [-0.2, -0.15) is 4.21 Å². The highest BCUT2D eigenvalue weighted by Gasteiger charge is 2.06. The highest BCUT2D eigenvalue weighted by Crippen LogP contribution is 2.25. The van der Waals surface area contributed by atoms with Crippen LogP contribution >= 0.6 is 0 Å². The number of carbonyl (C=O) groups excluding carboxylic acids is 1. The molecule has 6 nitrogen and oxygen atoms in total. The first kappa shape index (κ1) is 11.5. The van der Waals surface area contributed by atoms with Gasteiger partial charge < -0.3 is 15.2 Å².